The number of ether oxygens (including phenoxy) is 1. The summed E-state index contributed by atoms with van der Waals surface area (Å²) >= 11 is 0. The predicted octanol–water partition coefficient (Wildman–Crippen LogP) is 2.29. The summed E-state index contributed by atoms with van der Waals surface area (Å²) < 4.78 is 71.6. The van der Waals surface area contributed by atoms with Crippen LogP contribution in [0, 0.1) is 6.92 Å². The minimum atomic E-state index is -4.47. The maximum atomic E-state index is 13.6. The van der Waals surface area contributed by atoms with E-state index in [1.165, 1.54) is 19.2 Å². The number of nitrogens with zero attached hydrogens (tertiary/aromatic N) is 5. The van der Waals surface area contributed by atoms with E-state index in [4.69, 9.17) is 20.6 Å². The quantitative estimate of drug-likeness (QED) is 0.510. The second-order valence-corrected chi connectivity index (χ2v) is 12.0. The van der Waals surface area contributed by atoms with Crippen LogP contribution in [0.15, 0.2) is 24.3 Å². The van der Waals surface area contributed by atoms with E-state index in [1.54, 1.807) is 16.6 Å². The first-order chi connectivity index (χ1) is 17.4. The molecule has 200 valence electrons. The SMILES string of the molecule is Cc1c(Cc2c(CN3CC(S(C)(=O)=O)C3)nc3c(N)cc(N4CCOCC4)nn23)cccc1C(F)(F)F. The molecule has 0 spiro atoms. The van der Waals surface area contributed by atoms with Crippen LogP contribution in [0.1, 0.15) is 28.1 Å². The van der Waals surface area contributed by atoms with Gasteiger partial charge in [-0.15, -0.1) is 5.10 Å². The van der Waals surface area contributed by atoms with E-state index in [9.17, 15) is 21.6 Å². The van der Waals surface area contributed by atoms with Gasteiger partial charge in [-0.1, -0.05) is 12.1 Å². The number of benzene rings is 1. The summed E-state index contributed by atoms with van der Waals surface area (Å²) in [6, 6.07) is 5.90. The molecule has 0 saturated carbocycles. The molecule has 0 amide bonds. The Morgan fingerprint density at radius 2 is 1.89 bits per heavy atom. The molecule has 2 N–H and O–H groups in total. The number of rotatable bonds is 6. The number of sulfone groups is 1. The van der Waals surface area contributed by atoms with Crippen LogP contribution in [0.3, 0.4) is 0 Å². The predicted molar refractivity (Wildman–Crippen MR) is 133 cm³/mol. The maximum absolute atomic E-state index is 13.6. The van der Waals surface area contributed by atoms with E-state index < -0.39 is 26.8 Å². The molecule has 4 heterocycles. The molecule has 0 unspecified atom stereocenters. The van der Waals surface area contributed by atoms with Gasteiger partial charge in [0, 0.05) is 51.5 Å². The van der Waals surface area contributed by atoms with Gasteiger partial charge in [-0.25, -0.2) is 17.9 Å². The van der Waals surface area contributed by atoms with E-state index in [0.29, 0.717) is 80.0 Å². The van der Waals surface area contributed by atoms with Crippen molar-refractivity contribution in [3.05, 3.63) is 52.3 Å². The monoisotopic (exact) mass is 538 g/mol. The van der Waals surface area contributed by atoms with Crippen molar-refractivity contribution in [2.24, 2.45) is 0 Å². The van der Waals surface area contributed by atoms with Crippen LogP contribution in [-0.2, 0) is 33.7 Å². The third-order valence-electron chi connectivity index (χ3n) is 7.12. The number of morpholine rings is 1. The molecule has 2 aliphatic heterocycles. The number of imidazole rings is 1. The molecule has 0 atom stereocenters. The van der Waals surface area contributed by atoms with Crippen molar-refractivity contribution >= 4 is 27.0 Å². The van der Waals surface area contributed by atoms with Gasteiger partial charge in [0.05, 0.1) is 41.1 Å². The van der Waals surface area contributed by atoms with Gasteiger partial charge in [-0.2, -0.15) is 13.2 Å². The lowest BCUT2D eigenvalue weighted by Gasteiger charge is -2.37. The van der Waals surface area contributed by atoms with Crippen molar-refractivity contribution in [3.63, 3.8) is 0 Å². The number of alkyl halides is 3. The first kappa shape index (κ1) is 25.7. The van der Waals surface area contributed by atoms with Crippen molar-refractivity contribution in [2.45, 2.75) is 31.3 Å². The highest BCUT2D eigenvalue weighted by Crippen LogP contribution is 2.34. The van der Waals surface area contributed by atoms with Crippen LogP contribution < -0.4 is 10.6 Å². The number of hydrogen-bond acceptors (Lipinski definition) is 8. The van der Waals surface area contributed by atoms with E-state index in [-0.39, 0.29) is 12.0 Å². The fraction of sp³-hybridized carbons (Fsp3) is 0.500. The van der Waals surface area contributed by atoms with Crippen LogP contribution in [0.2, 0.25) is 0 Å². The van der Waals surface area contributed by atoms with Crippen LogP contribution >= 0.6 is 0 Å². The molecule has 37 heavy (non-hydrogen) atoms. The van der Waals surface area contributed by atoms with Gasteiger partial charge in [0.15, 0.2) is 21.3 Å². The van der Waals surface area contributed by atoms with E-state index in [1.807, 2.05) is 9.80 Å². The van der Waals surface area contributed by atoms with Crippen molar-refractivity contribution in [1.82, 2.24) is 19.5 Å². The first-order valence-corrected chi connectivity index (χ1v) is 13.9. The topological polar surface area (TPSA) is 106 Å². The minimum Gasteiger partial charge on any atom is -0.396 e. The van der Waals surface area contributed by atoms with Crippen molar-refractivity contribution < 1.29 is 26.3 Å². The molecule has 2 saturated heterocycles. The number of hydrogen-bond donors (Lipinski definition) is 1. The summed E-state index contributed by atoms with van der Waals surface area (Å²) in [5.74, 6) is 0.639. The van der Waals surface area contributed by atoms with Crippen molar-refractivity contribution in [2.75, 3.05) is 56.3 Å². The molecule has 1 aromatic carbocycles. The zero-order chi connectivity index (χ0) is 26.5. The summed E-state index contributed by atoms with van der Waals surface area (Å²) in [5.41, 5.74) is 8.43. The van der Waals surface area contributed by atoms with E-state index in [2.05, 4.69) is 0 Å². The Bertz CT molecular complexity index is 1430. The molecule has 13 heteroatoms. The number of nitrogen functional groups attached to an aromatic ring is 1. The smallest absolute Gasteiger partial charge is 0.396 e. The van der Waals surface area contributed by atoms with Gasteiger partial charge in [-0.3, -0.25) is 4.90 Å². The van der Waals surface area contributed by atoms with Gasteiger partial charge in [0.1, 0.15) is 0 Å². The third-order valence-corrected chi connectivity index (χ3v) is 8.63. The second kappa shape index (κ2) is 9.44. The second-order valence-electron chi connectivity index (χ2n) is 9.71. The number of likely N-dealkylation sites (tertiary alicyclic amines) is 1. The van der Waals surface area contributed by atoms with Crippen LogP contribution in [-0.4, -0.2) is 78.8 Å². The summed E-state index contributed by atoms with van der Waals surface area (Å²) in [7, 11) is -3.15. The van der Waals surface area contributed by atoms with Crippen LogP contribution in [0.4, 0.5) is 24.7 Å². The summed E-state index contributed by atoms with van der Waals surface area (Å²) in [6.07, 6.45) is -3.08. The lowest BCUT2D eigenvalue weighted by atomic mass is 9.97. The largest absolute Gasteiger partial charge is 0.416 e. The lowest BCUT2D eigenvalue weighted by Crippen LogP contribution is -2.53. The molecule has 0 aliphatic carbocycles. The molecular formula is C24H29F3N6O3S. The number of anilines is 2. The molecule has 0 radical (unpaired) electrons. The van der Waals surface area contributed by atoms with Crippen LogP contribution in [0.25, 0.3) is 5.65 Å². The Morgan fingerprint density at radius 1 is 1.19 bits per heavy atom. The zero-order valence-corrected chi connectivity index (χ0v) is 21.4. The fourth-order valence-electron chi connectivity index (χ4n) is 4.87. The summed E-state index contributed by atoms with van der Waals surface area (Å²) in [5, 5.41) is 4.36. The molecule has 3 aromatic rings. The molecule has 5 rings (SSSR count). The Labute approximate surface area is 212 Å². The van der Waals surface area contributed by atoms with E-state index in [0.717, 1.165) is 6.07 Å². The number of aromatic nitrogens is 3. The third kappa shape index (κ3) is 5.12. The van der Waals surface area contributed by atoms with Gasteiger partial charge >= 0.3 is 6.18 Å². The first-order valence-electron chi connectivity index (χ1n) is 12.0. The van der Waals surface area contributed by atoms with E-state index >= 15 is 0 Å². The zero-order valence-electron chi connectivity index (χ0n) is 20.6. The van der Waals surface area contributed by atoms with Gasteiger partial charge in [-0.05, 0) is 24.1 Å². The number of fused-ring (bicyclic) bond motifs is 1. The number of nitrogens with two attached hydrogens (primary N) is 1. The highest BCUT2D eigenvalue weighted by Gasteiger charge is 2.36. The lowest BCUT2D eigenvalue weighted by molar-refractivity contribution is -0.138. The fourth-order valence-corrected chi connectivity index (χ4v) is 5.83. The van der Waals surface area contributed by atoms with Gasteiger partial charge in [0.25, 0.3) is 0 Å². The summed E-state index contributed by atoms with van der Waals surface area (Å²) in [4.78, 5) is 8.72. The molecule has 0 bridgehead atoms. The molecule has 2 fully saturated rings. The van der Waals surface area contributed by atoms with Crippen molar-refractivity contribution in [1.29, 1.82) is 0 Å². The number of halogens is 3. The Balaban J connectivity index is 1.56. The van der Waals surface area contributed by atoms with Gasteiger partial charge in [0.2, 0.25) is 0 Å². The average molecular weight is 539 g/mol. The highest BCUT2D eigenvalue weighted by atomic mass is 32.2. The minimum absolute atomic E-state index is 0.147. The Hall–Kier alpha value is -2.90. The Morgan fingerprint density at radius 3 is 2.54 bits per heavy atom. The molecule has 2 aromatic heterocycles. The standard InChI is InChI=1S/C24H29F3N6O3S/c1-15-16(4-3-5-18(15)24(25,26)27)10-21-20(14-31-12-17(13-31)37(2,34)35)29-23-19(28)11-22(30-33(21)23)32-6-8-36-9-7-32/h3-5,11,17H,6-10,12-14,28H2,1-2H3. The highest BCUT2D eigenvalue weighted by molar-refractivity contribution is 7.91. The average Bonchev–Trinajstić information content (AvgIpc) is 3.14. The normalized spacial score (nSPS) is 17.9. The van der Waals surface area contributed by atoms with Gasteiger partial charge < -0.3 is 15.4 Å². The Kier molecular flexibility index (Phi) is 6.57. The maximum Gasteiger partial charge on any atom is 0.416 e. The van der Waals surface area contributed by atoms with Crippen molar-refractivity contribution in [3.8, 4) is 0 Å². The molecular weight excluding hydrogens is 509 g/mol. The van der Waals surface area contributed by atoms with Crippen LogP contribution in [0.5, 0.6) is 0 Å². The molecule has 9 nitrogen and oxygen atoms in total. The molecule has 2 aliphatic rings. The summed E-state index contributed by atoms with van der Waals surface area (Å²) in [6.45, 7) is 4.95.